The van der Waals surface area contributed by atoms with E-state index in [4.69, 9.17) is 14.2 Å². The first-order valence-electron chi connectivity index (χ1n) is 11.0. The highest BCUT2D eigenvalue weighted by atomic mass is 32.1. The zero-order chi connectivity index (χ0) is 21.7. The Morgan fingerprint density at radius 3 is 3.00 bits per heavy atom. The predicted molar refractivity (Wildman–Crippen MR) is 122 cm³/mol. The highest BCUT2D eigenvalue weighted by Crippen LogP contribution is 2.35. The molecule has 6 rings (SSSR count). The number of carbonyl (C=O) groups excluding carboxylic acids is 1. The minimum Gasteiger partial charge on any atom is -0.491 e. The summed E-state index contributed by atoms with van der Waals surface area (Å²) in [4.78, 5) is 18.9. The molecule has 166 valence electrons. The van der Waals surface area contributed by atoms with Crippen molar-refractivity contribution in [1.82, 2.24) is 15.6 Å². The summed E-state index contributed by atoms with van der Waals surface area (Å²) in [5, 5.41) is 7.45. The van der Waals surface area contributed by atoms with Crippen LogP contribution in [0.2, 0.25) is 0 Å². The second-order valence-corrected chi connectivity index (χ2v) is 9.91. The van der Waals surface area contributed by atoms with E-state index in [0.29, 0.717) is 18.1 Å². The molecule has 2 atom stereocenters. The molecular formula is C24H25N3O4S. The van der Waals surface area contributed by atoms with Gasteiger partial charge in [-0.05, 0) is 36.6 Å². The molecule has 2 saturated heterocycles. The van der Waals surface area contributed by atoms with Gasteiger partial charge in [0.05, 0.1) is 23.1 Å². The molecule has 0 bridgehead atoms. The number of thiophene rings is 1. The van der Waals surface area contributed by atoms with Crippen molar-refractivity contribution in [2.45, 2.75) is 37.5 Å². The second-order valence-electron chi connectivity index (χ2n) is 8.91. The molecule has 0 unspecified atom stereocenters. The van der Waals surface area contributed by atoms with Crippen molar-refractivity contribution in [2.24, 2.45) is 0 Å². The van der Waals surface area contributed by atoms with Crippen molar-refractivity contribution < 1.29 is 19.0 Å². The van der Waals surface area contributed by atoms with Gasteiger partial charge in [-0.15, -0.1) is 11.3 Å². The maximum absolute atomic E-state index is 12.9. The Morgan fingerprint density at radius 1 is 1.31 bits per heavy atom. The van der Waals surface area contributed by atoms with E-state index >= 15 is 0 Å². The Bertz CT molecular complexity index is 1190. The average Bonchev–Trinajstić information content (AvgIpc) is 3.36. The van der Waals surface area contributed by atoms with Crippen LogP contribution in [0.3, 0.4) is 0 Å². The number of nitrogens with one attached hydrogen (secondary N) is 2. The quantitative estimate of drug-likeness (QED) is 0.635. The second kappa shape index (κ2) is 7.72. The Hall–Kier alpha value is -2.68. The van der Waals surface area contributed by atoms with E-state index in [0.717, 1.165) is 58.8 Å². The molecule has 2 N–H and O–H groups in total. The number of fused-ring (bicyclic) bond motifs is 2. The fraction of sp³-hybridized carbons (Fsp3) is 0.417. The van der Waals surface area contributed by atoms with Crippen LogP contribution in [-0.4, -0.2) is 54.9 Å². The zero-order valence-electron chi connectivity index (χ0n) is 17.8. The lowest BCUT2D eigenvalue weighted by molar-refractivity contribution is -0.0368. The number of nitrogens with zero attached hydrogens (tertiary/aromatic N) is 1. The van der Waals surface area contributed by atoms with E-state index in [-0.39, 0.29) is 23.7 Å². The van der Waals surface area contributed by atoms with E-state index in [2.05, 4.69) is 15.6 Å². The summed E-state index contributed by atoms with van der Waals surface area (Å²) >= 11 is 1.43. The molecular weight excluding hydrogens is 426 g/mol. The van der Waals surface area contributed by atoms with Crippen LogP contribution in [-0.2, 0) is 11.2 Å². The number of benzene rings is 1. The molecule has 3 aliphatic rings. The molecule has 1 amide bonds. The van der Waals surface area contributed by atoms with Gasteiger partial charge in [0.1, 0.15) is 29.0 Å². The van der Waals surface area contributed by atoms with Gasteiger partial charge in [-0.25, -0.2) is 4.98 Å². The summed E-state index contributed by atoms with van der Waals surface area (Å²) in [5.41, 5.74) is 2.03. The Morgan fingerprint density at radius 2 is 2.22 bits per heavy atom. The van der Waals surface area contributed by atoms with Gasteiger partial charge in [-0.3, -0.25) is 4.79 Å². The summed E-state index contributed by atoms with van der Waals surface area (Å²) in [6, 6.07) is 9.81. The Kier molecular flexibility index (Phi) is 4.82. The van der Waals surface area contributed by atoms with Gasteiger partial charge in [0.2, 0.25) is 0 Å². The maximum atomic E-state index is 12.9. The number of aromatic nitrogens is 1. The maximum Gasteiger partial charge on any atom is 0.262 e. The molecule has 0 radical (unpaired) electrons. The lowest BCUT2D eigenvalue weighted by Gasteiger charge is -2.37. The average molecular weight is 452 g/mol. The number of amides is 1. The number of ether oxygens (including phenoxy) is 3. The topological polar surface area (TPSA) is 81.7 Å². The van der Waals surface area contributed by atoms with Gasteiger partial charge in [0, 0.05) is 37.2 Å². The number of hydrogen-bond acceptors (Lipinski definition) is 7. The van der Waals surface area contributed by atoms with Gasteiger partial charge < -0.3 is 24.8 Å². The van der Waals surface area contributed by atoms with Gasteiger partial charge in [-0.2, -0.15) is 0 Å². The van der Waals surface area contributed by atoms with Crippen molar-refractivity contribution in [2.75, 3.05) is 26.3 Å². The summed E-state index contributed by atoms with van der Waals surface area (Å²) in [6.07, 6.45) is 3.47. The molecule has 0 aliphatic carbocycles. The zero-order valence-corrected chi connectivity index (χ0v) is 18.7. The fourth-order valence-electron chi connectivity index (χ4n) is 4.76. The summed E-state index contributed by atoms with van der Waals surface area (Å²) in [5.74, 6) is 1.56. The third-order valence-electron chi connectivity index (χ3n) is 6.57. The van der Waals surface area contributed by atoms with Crippen LogP contribution >= 0.6 is 11.3 Å². The number of aryl methyl sites for hydroxylation is 1. The van der Waals surface area contributed by atoms with Gasteiger partial charge in [-0.1, -0.05) is 12.1 Å². The van der Waals surface area contributed by atoms with Crippen molar-refractivity contribution in [3.05, 3.63) is 52.5 Å². The van der Waals surface area contributed by atoms with Crippen molar-refractivity contribution >= 4 is 27.5 Å². The lowest BCUT2D eigenvalue weighted by atomic mass is 9.93. The standard InChI is InChI=1S/C24H25N3O4S/c1-14-19-3-2-6-26-23(19)32-21(14)22(28)27-16-7-15-4-5-17(8-20(15)29-10-16)31-18-9-24(30-11-18)12-25-13-24/h2-6,8,16,18,25H,7,9-13H2,1H3,(H,27,28)/t16-,18-/m1/s1. The predicted octanol–water partition coefficient (Wildman–Crippen LogP) is 2.85. The van der Waals surface area contributed by atoms with E-state index in [9.17, 15) is 4.79 Å². The molecule has 5 heterocycles. The van der Waals surface area contributed by atoms with Crippen LogP contribution in [0.5, 0.6) is 11.5 Å². The molecule has 1 aromatic carbocycles. The monoisotopic (exact) mass is 451 g/mol. The lowest BCUT2D eigenvalue weighted by Crippen LogP contribution is -2.59. The third kappa shape index (κ3) is 3.52. The molecule has 2 aromatic heterocycles. The van der Waals surface area contributed by atoms with Crippen LogP contribution in [0, 0.1) is 6.92 Å². The fourth-order valence-corrected chi connectivity index (χ4v) is 5.81. The highest BCUT2D eigenvalue weighted by Gasteiger charge is 2.46. The minimum atomic E-state index is -0.0754. The molecule has 1 spiro atoms. The molecule has 3 aromatic rings. The van der Waals surface area contributed by atoms with Crippen LogP contribution < -0.4 is 20.1 Å². The molecule has 3 aliphatic heterocycles. The van der Waals surface area contributed by atoms with Crippen LogP contribution in [0.15, 0.2) is 36.5 Å². The van der Waals surface area contributed by atoms with Gasteiger partial charge in [0.25, 0.3) is 5.91 Å². The van der Waals surface area contributed by atoms with E-state index in [1.165, 1.54) is 11.3 Å². The first-order valence-corrected chi connectivity index (χ1v) is 11.8. The summed E-state index contributed by atoms with van der Waals surface area (Å²) < 4.78 is 18.1. The van der Waals surface area contributed by atoms with E-state index < -0.39 is 0 Å². The van der Waals surface area contributed by atoms with E-state index in [1.54, 1.807) is 6.20 Å². The SMILES string of the molecule is Cc1c(C(=O)N[C@H]2COc3cc(O[C@H]4COC5(CNC5)C4)ccc3C2)sc2ncccc12. The minimum absolute atomic E-state index is 0.0242. The Labute approximate surface area is 190 Å². The van der Waals surface area contributed by atoms with Gasteiger partial charge in [0.15, 0.2) is 0 Å². The number of carbonyl (C=O) groups is 1. The number of hydrogen-bond donors (Lipinski definition) is 2. The smallest absolute Gasteiger partial charge is 0.262 e. The van der Waals surface area contributed by atoms with Crippen LogP contribution in [0.4, 0.5) is 0 Å². The Balaban J connectivity index is 1.10. The van der Waals surface area contributed by atoms with Crippen molar-refractivity contribution in [1.29, 1.82) is 0 Å². The van der Waals surface area contributed by atoms with Crippen molar-refractivity contribution in [3.8, 4) is 11.5 Å². The van der Waals surface area contributed by atoms with Crippen LogP contribution in [0.1, 0.15) is 27.2 Å². The van der Waals surface area contributed by atoms with Crippen LogP contribution in [0.25, 0.3) is 10.2 Å². The normalized spacial score (nSPS) is 23.4. The summed E-state index contributed by atoms with van der Waals surface area (Å²) in [7, 11) is 0. The van der Waals surface area contributed by atoms with E-state index in [1.807, 2.05) is 37.3 Å². The molecule has 2 fully saturated rings. The summed E-state index contributed by atoms with van der Waals surface area (Å²) in [6.45, 7) is 4.85. The number of rotatable bonds is 4. The first-order chi connectivity index (χ1) is 15.6. The third-order valence-corrected chi connectivity index (χ3v) is 7.79. The first kappa shape index (κ1) is 20.0. The molecule has 0 saturated carbocycles. The molecule has 8 heteroatoms. The van der Waals surface area contributed by atoms with Gasteiger partial charge >= 0.3 is 0 Å². The largest absolute Gasteiger partial charge is 0.491 e. The molecule has 32 heavy (non-hydrogen) atoms. The number of pyridine rings is 1. The highest BCUT2D eigenvalue weighted by molar-refractivity contribution is 7.20. The van der Waals surface area contributed by atoms with Crippen molar-refractivity contribution in [3.63, 3.8) is 0 Å². The molecule has 7 nitrogen and oxygen atoms in total.